The molecule has 1 atom stereocenters. The Bertz CT molecular complexity index is 692. The van der Waals surface area contributed by atoms with E-state index < -0.39 is 0 Å². The maximum Gasteiger partial charge on any atom is 0.276 e. The summed E-state index contributed by atoms with van der Waals surface area (Å²) >= 11 is 1.59. The van der Waals surface area contributed by atoms with Crippen LogP contribution in [0.5, 0.6) is 0 Å². The third-order valence-corrected chi connectivity index (χ3v) is 4.89. The molecule has 1 saturated carbocycles. The monoisotopic (exact) mass is 319 g/mol. The summed E-state index contributed by atoms with van der Waals surface area (Å²) in [5.74, 6) is 1.18. The maximum absolute atomic E-state index is 12.8. The molecule has 2 fully saturated rings. The van der Waals surface area contributed by atoms with Gasteiger partial charge in [-0.2, -0.15) is 0 Å². The highest BCUT2D eigenvalue weighted by atomic mass is 32.1. The van der Waals surface area contributed by atoms with Crippen molar-refractivity contribution in [1.82, 2.24) is 15.0 Å². The van der Waals surface area contributed by atoms with Gasteiger partial charge in [0.2, 0.25) is 0 Å². The molecule has 0 radical (unpaired) electrons. The van der Waals surface area contributed by atoms with Crippen molar-refractivity contribution in [2.75, 3.05) is 19.8 Å². The second kappa shape index (κ2) is 5.48. The molecule has 0 spiro atoms. The summed E-state index contributed by atoms with van der Waals surface area (Å²) in [7, 11) is 0. The van der Waals surface area contributed by atoms with Crippen LogP contribution in [0.1, 0.15) is 51.8 Å². The second-order valence-corrected chi connectivity index (χ2v) is 6.83. The first-order chi connectivity index (χ1) is 10.7. The van der Waals surface area contributed by atoms with E-state index in [2.05, 4.69) is 10.1 Å². The molecule has 3 heterocycles. The Morgan fingerprint density at radius 3 is 3.05 bits per heavy atom. The van der Waals surface area contributed by atoms with Gasteiger partial charge < -0.3 is 14.2 Å². The van der Waals surface area contributed by atoms with Gasteiger partial charge >= 0.3 is 0 Å². The summed E-state index contributed by atoms with van der Waals surface area (Å²) in [6.07, 6.45) is 2.25. The van der Waals surface area contributed by atoms with Crippen molar-refractivity contribution >= 4 is 17.2 Å². The molecule has 6 nitrogen and oxygen atoms in total. The van der Waals surface area contributed by atoms with Crippen molar-refractivity contribution in [3.05, 3.63) is 33.6 Å². The zero-order chi connectivity index (χ0) is 15.1. The van der Waals surface area contributed by atoms with E-state index in [1.807, 2.05) is 12.3 Å². The minimum atomic E-state index is -0.146. The zero-order valence-electron chi connectivity index (χ0n) is 12.3. The van der Waals surface area contributed by atoms with Gasteiger partial charge in [-0.05, 0) is 19.8 Å². The van der Waals surface area contributed by atoms with E-state index in [1.54, 1.807) is 22.3 Å². The molecule has 1 amide bonds. The smallest absolute Gasteiger partial charge is 0.276 e. The summed E-state index contributed by atoms with van der Waals surface area (Å²) in [6.45, 7) is 3.52. The van der Waals surface area contributed by atoms with Crippen molar-refractivity contribution in [2.24, 2.45) is 0 Å². The number of aromatic nitrogens is 2. The number of carbonyl (C=O) groups excluding carboxylic acids is 1. The highest BCUT2D eigenvalue weighted by Crippen LogP contribution is 2.40. The molecule has 0 N–H and O–H groups in total. The molecule has 0 aromatic carbocycles. The van der Waals surface area contributed by atoms with E-state index in [1.165, 1.54) is 0 Å². The molecule has 4 rings (SSSR count). The average molecular weight is 319 g/mol. The van der Waals surface area contributed by atoms with Gasteiger partial charge in [-0.25, -0.2) is 4.98 Å². The van der Waals surface area contributed by atoms with Crippen LogP contribution >= 0.6 is 11.3 Å². The molecule has 2 aromatic rings. The topological polar surface area (TPSA) is 68.5 Å². The molecular formula is C15H17N3O3S. The normalized spacial score (nSPS) is 22.0. The lowest BCUT2D eigenvalue weighted by Crippen LogP contribution is -2.43. The lowest BCUT2D eigenvalue weighted by molar-refractivity contribution is -0.00426. The van der Waals surface area contributed by atoms with Crippen LogP contribution in [0.3, 0.4) is 0 Å². The van der Waals surface area contributed by atoms with Gasteiger partial charge in [-0.3, -0.25) is 4.79 Å². The van der Waals surface area contributed by atoms with Gasteiger partial charge in [-0.15, -0.1) is 11.3 Å². The van der Waals surface area contributed by atoms with Gasteiger partial charge in [0.25, 0.3) is 5.91 Å². The lowest BCUT2D eigenvalue weighted by atomic mass is 10.1. The van der Waals surface area contributed by atoms with E-state index in [9.17, 15) is 4.79 Å². The number of aryl methyl sites for hydroxylation is 1. The zero-order valence-corrected chi connectivity index (χ0v) is 13.1. The number of carbonyl (C=O) groups is 1. The Hall–Kier alpha value is -1.73. The SMILES string of the molecule is Cc1nc(C2COCCN2C(=O)c2cc(C3CC3)on2)cs1. The van der Waals surface area contributed by atoms with E-state index in [-0.39, 0.29) is 11.9 Å². The van der Waals surface area contributed by atoms with Crippen LogP contribution in [-0.4, -0.2) is 40.7 Å². The van der Waals surface area contributed by atoms with E-state index in [4.69, 9.17) is 9.26 Å². The Morgan fingerprint density at radius 1 is 1.45 bits per heavy atom. The fraction of sp³-hybridized carbons (Fsp3) is 0.533. The van der Waals surface area contributed by atoms with E-state index >= 15 is 0 Å². The number of hydrogen-bond acceptors (Lipinski definition) is 6. The molecule has 2 aliphatic rings. The minimum Gasteiger partial charge on any atom is -0.377 e. The lowest BCUT2D eigenvalue weighted by Gasteiger charge is -2.34. The maximum atomic E-state index is 12.8. The largest absolute Gasteiger partial charge is 0.377 e. The van der Waals surface area contributed by atoms with Crippen LogP contribution in [0.4, 0.5) is 0 Å². The fourth-order valence-electron chi connectivity index (χ4n) is 2.72. The minimum absolute atomic E-state index is 0.102. The van der Waals surface area contributed by atoms with Crippen molar-refractivity contribution in [3.8, 4) is 0 Å². The number of hydrogen-bond donors (Lipinski definition) is 0. The van der Waals surface area contributed by atoms with Crippen LogP contribution in [0.2, 0.25) is 0 Å². The predicted molar refractivity (Wildman–Crippen MR) is 79.9 cm³/mol. The van der Waals surface area contributed by atoms with Crippen molar-refractivity contribution in [3.63, 3.8) is 0 Å². The van der Waals surface area contributed by atoms with Crippen molar-refractivity contribution < 1.29 is 14.1 Å². The molecule has 2 aromatic heterocycles. The summed E-state index contributed by atoms with van der Waals surface area (Å²) in [6, 6.07) is 1.64. The molecule has 0 bridgehead atoms. The molecule has 7 heteroatoms. The van der Waals surface area contributed by atoms with Gasteiger partial charge in [0, 0.05) is 23.9 Å². The number of amides is 1. The standard InChI is InChI=1S/C15H17N3O3S/c1-9-16-12(8-22-9)13-7-20-5-4-18(13)15(19)11-6-14(21-17-11)10-2-3-10/h6,8,10,13H,2-5,7H2,1H3. The molecule has 1 aliphatic heterocycles. The molecule has 1 aliphatic carbocycles. The van der Waals surface area contributed by atoms with E-state index in [0.29, 0.717) is 31.4 Å². The average Bonchev–Trinajstić information content (AvgIpc) is 3.11. The van der Waals surface area contributed by atoms with Crippen molar-refractivity contribution in [1.29, 1.82) is 0 Å². The summed E-state index contributed by atoms with van der Waals surface area (Å²) in [5.41, 5.74) is 1.28. The fourth-order valence-corrected chi connectivity index (χ4v) is 3.38. The number of rotatable bonds is 3. The first kappa shape index (κ1) is 13.9. The Kier molecular flexibility index (Phi) is 3.46. The van der Waals surface area contributed by atoms with Crippen LogP contribution in [0.15, 0.2) is 16.0 Å². The van der Waals surface area contributed by atoms with Crippen LogP contribution in [0, 0.1) is 6.92 Å². The Morgan fingerprint density at radius 2 is 2.32 bits per heavy atom. The third-order valence-electron chi connectivity index (χ3n) is 4.09. The number of thiazole rings is 1. The van der Waals surface area contributed by atoms with Gasteiger partial charge in [0.15, 0.2) is 5.69 Å². The van der Waals surface area contributed by atoms with Crippen molar-refractivity contribution in [2.45, 2.75) is 31.7 Å². The number of nitrogens with zero attached hydrogens (tertiary/aromatic N) is 3. The Labute approximate surface area is 132 Å². The quantitative estimate of drug-likeness (QED) is 0.869. The Balaban J connectivity index is 1.58. The molecule has 1 saturated heterocycles. The first-order valence-corrected chi connectivity index (χ1v) is 8.37. The highest BCUT2D eigenvalue weighted by molar-refractivity contribution is 7.09. The van der Waals surface area contributed by atoms with Crippen LogP contribution in [-0.2, 0) is 4.74 Å². The van der Waals surface area contributed by atoms with Crippen LogP contribution < -0.4 is 0 Å². The van der Waals surface area contributed by atoms with Gasteiger partial charge in [0.1, 0.15) is 5.76 Å². The molecular weight excluding hydrogens is 302 g/mol. The van der Waals surface area contributed by atoms with Gasteiger partial charge in [-0.1, -0.05) is 5.16 Å². The molecule has 116 valence electrons. The predicted octanol–water partition coefficient (Wildman–Crippen LogP) is 2.53. The first-order valence-electron chi connectivity index (χ1n) is 7.49. The second-order valence-electron chi connectivity index (χ2n) is 5.77. The third kappa shape index (κ3) is 2.55. The van der Waals surface area contributed by atoms with E-state index in [0.717, 1.165) is 29.3 Å². The summed E-state index contributed by atoms with van der Waals surface area (Å²) in [5, 5.41) is 6.95. The summed E-state index contributed by atoms with van der Waals surface area (Å²) in [4.78, 5) is 19.1. The number of morpholine rings is 1. The summed E-state index contributed by atoms with van der Waals surface area (Å²) < 4.78 is 10.8. The highest BCUT2D eigenvalue weighted by Gasteiger charge is 2.34. The van der Waals surface area contributed by atoms with Gasteiger partial charge in [0.05, 0.1) is 30.0 Å². The number of ether oxygens (including phenoxy) is 1. The van der Waals surface area contributed by atoms with Crippen LogP contribution in [0.25, 0.3) is 0 Å². The molecule has 22 heavy (non-hydrogen) atoms. The molecule has 1 unspecified atom stereocenters.